The summed E-state index contributed by atoms with van der Waals surface area (Å²) in [4.78, 5) is 0. The van der Waals surface area contributed by atoms with E-state index >= 15 is 0 Å². The van der Waals surface area contributed by atoms with E-state index in [9.17, 15) is 0 Å². The molecule has 2 aromatic carbocycles. The minimum atomic E-state index is -2.47. The molecule has 3 aromatic rings. The first kappa shape index (κ1) is 26.0. The minimum absolute atomic E-state index is 0.00172. The second-order valence-corrected chi connectivity index (χ2v) is 14.8. The summed E-state index contributed by atoms with van der Waals surface area (Å²) < 4.78 is 12.6. The van der Waals surface area contributed by atoms with Gasteiger partial charge < -0.3 is 8.84 Å². The summed E-state index contributed by atoms with van der Waals surface area (Å²) in [6, 6.07) is 23.8. The van der Waals surface area contributed by atoms with Gasteiger partial charge in [-0.3, -0.25) is 0 Å². The molecule has 0 amide bonds. The van der Waals surface area contributed by atoms with Crippen LogP contribution in [-0.2, 0) is 10.8 Å². The van der Waals surface area contributed by atoms with Crippen molar-refractivity contribution in [3.63, 3.8) is 0 Å². The van der Waals surface area contributed by atoms with Gasteiger partial charge >= 0.3 is 0 Å². The predicted octanol–water partition coefficient (Wildman–Crippen LogP) is 7.55. The highest BCUT2D eigenvalue weighted by atomic mass is 28.4. The van der Waals surface area contributed by atoms with E-state index in [1.54, 1.807) is 0 Å². The molecule has 0 saturated carbocycles. The number of furan rings is 1. The summed E-state index contributed by atoms with van der Waals surface area (Å²) in [6.07, 6.45) is 9.45. The lowest BCUT2D eigenvalue weighted by atomic mass is 10.1. The highest BCUT2D eigenvalue weighted by molar-refractivity contribution is 6.99. The zero-order chi connectivity index (χ0) is 24.6. The zero-order valence-electron chi connectivity index (χ0n) is 21.7. The van der Waals surface area contributed by atoms with Gasteiger partial charge in [-0.05, 0) is 73.2 Å². The second-order valence-electron chi connectivity index (χ2n) is 10.5. The average molecular weight is 473 g/mol. The maximum atomic E-state index is 6.98. The van der Waals surface area contributed by atoms with Gasteiger partial charge in [-0.25, -0.2) is 0 Å². The highest BCUT2D eigenvalue weighted by Gasteiger charge is 2.49. The Balaban J connectivity index is 1.70. The van der Waals surface area contributed by atoms with Gasteiger partial charge in [-0.1, -0.05) is 98.7 Å². The van der Waals surface area contributed by atoms with Crippen molar-refractivity contribution in [2.24, 2.45) is 0 Å². The van der Waals surface area contributed by atoms with Crippen LogP contribution in [0.2, 0.25) is 5.04 Å². The quantitative estimate of drug-likeness (QED) is 0.224. The number of allylic oxidation sites excluding steroid dienone is 2. The number of rotatable bonds is 10. The first-order valence-electron chi connectivity index (χ1n) is 12.4. The van der Waals surface area contributed by atoms with E-state index in [4.69, 9.17) is 8.84 Å². The standard InChI is InChI=1S/C31H40O2Si/c1-25(2)22-28-23-27(24-32-28)15-13-14-26(3)20-21-33-34(31(4,5)6,29-16-9-7-10-17-29)30-18-11-8-12-19-30/h7-12,16-20,22-24H,13-15,21H2,1-6H3/b26-20+. The highest BCUT2D eigenvalue weighted by Crippen LogP contribution is 2.36. The molecule has 1 heterocycles. The van der Waals surface area contributed by atoms with Gasteiger partial charge in [-0.15, -0.1) is 0 Å². The molecule has 0 fully saturated rings. The molecule has 0 aliphatic heterocycles. The van der Waals surface area contributed by atoms with E-state index in [-0.39, 0.29) is 5.04 Å². The molecule has 180 valence electrons. The van der Waals surface area contributed by atoms with E-state index in [0.717, 1.165) is 25.0 Å². The van der Waals surface area contributed by atoms with Crippen molar-refractivity contribution >= 4 is 24.8 Å². The topological polar surface area (TPSA) is 22.4 Å². The molecule has 0 unspecified atom stereocenters. The van der Waals surface area contributed by atoms with Crippen molar-refractivity contribution < 1.29 is 8.84 Å². The number of hydrogen-bond donors (Lipinski definition) is 0. The van der Waals surface area contributed by atoms with E-state index in [1.807, 2.05) is 6.26 Å². The molecule has 0 saturated heterocycles. The van der Waals surface area contributed by atoms with Crippen LogP contribution in [0.5, 0.6) is 0 Å². The van der Waals surface area contributed by atoms with Crippen LogP contribution in [0.1, 0.15) is 65.7 Å². The van der Waals surface area contributed by atoms with Crippen LogP contribution in [0.4, 0.5) is 0 Å². The fraction of sp³-hybridized carbons (Fsp3) is 0.355. The summed E-state index contributed by atoms with van der Waals surface area (Å²) in [5.41, 5.74) is 3.90. The van der Waals surface area contributed by atoms with Crippen molar-refractivity contribution in [2.45, 2.75) is 65.8 Å². The lowest BCUT2D eigenvalue weighted by Gasteiger charge is -2.42. The van der Waals surface area contributed by atoms with E-state index in [1.165, 1.54) is 27.1 Å². The van der Waals surface area contributed by atoms with Gasteiger partial charge in [0, 0.05) is 0 Å². The summed E-state index contributed by atoms with van der Waals surface area (Å²) in [6.45, 7) is 14.0. The van der Waals surface area contributed by atoms with Crippen LogP contribution in [0.15, 0.2) is 94.6 Å². The molecule has 2 nitrogen and oxygen atoms in total. The molecule has 34 heavy (non-hydrogen) atoms. The number of benzene rings is 2. The van der Waals surface area contributed by atoms with Crippen LogP contribution in [0, 0.1) is 0 Å². The van der Waals surface area contributed by atoms with E-state index in [2.05, 4.69) is 120 Å². The SMILES string of the molecule is CC(C)=Cc1cc(CCC/C(C)=C/CO[Si](c2ccccc2)(c2ccccc2)C(C)(C)C)co1. The molecule has 0 atom stereocenters. The molecule has 0 aliphatic carbocycles. The fourth-order valence-corrected chi connectivity index (χ4v) is 9.12. The molecule has 0 N–H and O–H groups in total. The van der Waals surface area contributed by atoms with Crippen LogP contribution in [0.25, 0.3) is 6.08 Å². The number of hydrogen-bond acceptors (Lipinski definition) is 2. The third kappa shape index (κ3) is 6.49. The molecule has 0 radical (unpaired) electrons. The van der Waals surface area contributed by atoms with E-state index in [0.29, 0.717) is 6.61 Å². The normalized spacial score (nSPS) is 12.6. The Morgan fingerprint density at radius 2 is 1.50 bits per heavy atom. The Morgan fingerprint density at radius 3 is 2.03 bits per heavy atom. The molecular formula is C31H40O2Si. The summed E-state index contributed by atoms with van der Waals surface area (Å²) in [5, 5.41) is 2.65. The van der Waals surface area contributed by atoms with Crippen molar-refractivity contribution in [1.29, 1.82) is 0 Å². The van der Waals surface area contributed by atoms with Gasteiger partial charge in [0.05, 0.1) is 12.9 Å². The largest absolute Gasteiger partial charge is 0.465 e. The predicted molar refractivity (Wildman–Crippen MR) is 148 cm³/mol. The summed E-state index contributed by atoms with van der Waals surface area (Å²) >= 11 is 0. The third-order valence-corrected chi connectivity index (χ3v) is 11.3. The van der Waals surface area contributed by atoms with Gasteiger partial charge in [0.2, 0.25) is 0 Å². The fourth-order valence-electron chi connectivity index (χ4n) is 4.63. The van der Waals surface area contributed by atoms with Crippen molar-refractivity contribution in [2.75, 3.05) is 6.61 Å². The molecule has 0 aliphatic rings. The Hall–Kier alpha value is -2.62. The van der Waals surface area contributed by atoms with Crippen LogP contribution >= 0.6 is 0 Å². The van der Waals surface area contributed by atoms with Crippen molar-refractivity contribution in [3.8, 4) is 0 Å². The lowest BCUT2D eigenvalue weighted by Crippen LogP contribution is -2.66. The van der Waals surface area contributed by atoms with Gasteiger partial charge in [-0.2, -0.15) is 0 Å². The monoisotopic (exact) mass is 472 g/mol. The third-order valence-electron chi connectivity index (χ3n) is 6.29. The smallest absolute Gasteiger partial charge is 0.261 e. The van der Waals surface area contributed by atoms with Gasteiger partial charge in [0.25, 0.3) is 8.32 Å². The Morgan fingerprint density at radius 1 is 0.912 bits per heavy atom. The van der Waals surface area contributed by atoms with Gasteiger partial charge in [0.1, 0.15) is 5.76 Å². The van der Waals surface area contributed by atoms with E-state index < -0.39 is 8.32 Å². The van der Waals surface area contributed by atoms with Crippen LogP contribution < -0.4 is 10.4 Å². The minimum Gasteiger partial charge on any atom is -0.465 e. The maximum Gasteiger partial charge on any atom is 0.261 e. The van der Waals surface area contributed by atoms with Crippen LogP contribution in [-0.4, -0.2) is 14.9 Å². The Kier molecular flexibility index (Phi) is 8.93. The summed E-state index contributed by atoms with van der Waals surface area (Å²) in [7, 11) is -2.47. The van der Waals surface area contributed by atoms with Gasteiger partial charge in [0.15, 0.2) is 0 Å². The second kappa shape index (κ2) is 11.7. The molecule has 0 bridgehead atoms. The maximum absolute atomic E-state index is 6.98. The lowest BCUT2D eigenvalue weighted by molar-refractivity contribution is 0.338. The number of aryl methyl sites for hydroxylation is 1. The molecule has 1 aromatic heterocycles. The molecular weight excluding hydrogens is 432 g/mol. The Bertz CT molecular complexity index is 1040. The van der Waals surface area contributed by atoms with Crippen LogP contribution in [0.3, 0.4) is 0 Å². The van der Waals surface area contributed by atoms with Crippen molar-refractivity contribution in [1.82, 2.24) is 0 Å². The van der Waals surface area contributed by atoms with Crippen molar-refractivity contribution in [3.05, 3.63) is 102 Å². The zero-order valence-corrected chi connectivity index (χ0v) is 22.7. The summed E-state index contributed by atoms with van der Waals surface area (Å²) in [5.74, 6) is 0.945. The molecule has 3 rings (SSSR count). The molecule has 0 spiro atoms. The Labute approximate surface area is 207 Å². The average Bonchev–Trinajstić information content (AvgIpc) is 3.23. The molecule has 3 heteroatoms. The first-order valence-corrected chi connectivity index (χ1v) is 14.3. The first-order chi connectivity index (χ1) is 16.2.